The first-order valence-electron chi connectivity index (χ1n) is 4.85. The maximum atomic E-state index is 11.8. The van der Waals surface area contributed by atoms with Crippen molar-refractivity contribution in [2.24, 2.45) is 0 Å². The topological polar surface area (TPSA) is 49.4 Å². The number of carbonyl (C=O) groups excluding carboxylic acids is 2. The van der Waals surface area contributed by atoms with Crippen molar-refractivity contribution >= 4 is 43.7 Å². The van der Waals surface area contributed by atoms with E-state index in [-0.39, 0.29) is 18.4 Å². The highest BCUT2D eigenvalue weighted by Crippen LogP contribution is 2.21. The van der Waals surface area contributed by atoms with Gasteiger partial charge in [-0.15, -0.1) is 0 Å². The molecule has 2 amide bonds. The number of benzene rings is 1. The lowest BCUT2D eigenvalue weighted by molar-refractivity contribution is -0.127. The van der Waals surface area contributed by atoms with Crippen LogP contribution in [0.2, 0.25) is 0 Å². The van der Waals surface area contributed by atoms with Crippen LogP contribution < -0.4 is 5.32 Å². The average molecular weight is 364 g/mol. The Morgan fingerprint density at radius 3 is 2.53 bits per heavy atom. The van der Waals surface area contributed by atoms with Crippen LogP contribution in [0.4, 0.5) is 0 Å². The number of hydrogen-bond acceptors (Lipinski definition) is 2. The van der Waals surface area contributed by atoms with Crippen LogP contribution in [0.25, 0.3) is 0 Å². The quantitative estimate of drug-likeness (QED) is 0.893. The van der Waals surface area contributed by atoms with Crippen molar-refractivity contribution in [3.05, 3.63) is 32.7 Å². The highest BCUT2D eigenvalue weighted by Gasteiger charge is 2.12. The first kappa shape index (κ1) is 14.2. The average Bonchev–Trinajstić information content (AvgIpc) is 2.28. The third kappa shape index (κ3) is 4.12. The van der Waals surface area contributed by atoms with Gasteiger partial charge in [-0.05, 0) is 34.1 Å². The van der Waals surface area contributed by atoms with Crippen molar-refractivity contribution in [3.63, 3.8) is 0 Å². The number of carbonyl (C=O) groups is 2. The van der Waals surface area contributed by atoms with Gasteiger partial charge in [-0.1, -0.05) is 15.9 Å². The van der Waals surface area contributed by atoms with Crippen molar-refractivity contribution in [1.82, 2.24) is 10.2 Å². The lowest BCUT2D eigenvalue weighted by atomic mass is 10.2. The van der Waals surface area contributed by atoms with Gasteiger partial charge in [0.05, 0.1) is 12.1 Å². The van der Waals surface area contributed by atoms with Crippen LogP contribution in [0.1, 0.15) is 10.4 Å². The van der Waals surface area contributed by atoms with Gasteiger partial charge in [-0.3, -0.25) is 9.59 Å². The molecule has 0 aliphatic carbocycles. The number of halogens is 2. The Labute approximate surface area is 117 Å². The molecule has 4 nitrogen and oxygen atoms in total. The minimum absolute atomic E-state index is 0.00914. The molecule has 0 saturated heterocycles. The summed E-state index contributed by atoms with van der Waals surface area (Å²) in [7, 11) is 3.28. The van der Waals surface area contributed by atoms with E-state index in [2.05, 4.69) is 37.2 Å². The molecule has 0 aliphatic heterocycles. The monoisotopic (exact) mass is 362 g/mol. The fourth-order valence-electron chi connectivity index (χ4n) is 1.08. The van der Waals surface area contributed by atoms with E-state index >= 15 is 0 Å². The van der Waals surface area contributed by atoms with E-state index < -0.39 is 0 Å². The molecule has 0 saturated carbocycles. The Morgan fingerprint density at radius 1 is 1.29 bits per heavy atom. The summed E-state index contributed by atoms with van der Waals surface area (Å²) in [6.45, 7) is -0.00914. The van der Waals surface area contributed by atoms with Gasteiger partial charge in [0.1, 0.15) is 0 Å². The molecule has 0 aromatic heterocycles. The Bertz CT molecular complexity index is 447. The van der Waals surface area contributed by atoms with Crippen molar-refractivity contribution in [2.45, 2.75) is 0 Å². The largest absolute Gasteiger partial charge is 0.347 e. The summed E-state index contributed by atoms with van der Waals surface area (Å²) in [6.07, 6.45) is 0. The first-order chi connectivity index (χ1) is 7.91. The van der Waals surface area contributed by atoms with Gasteiger partial charge in [0, 0.05) is 23.0 Å². The molecule has 1 aromatic carbocycles. The third-order valence-electron chi connectivity index (χ3n) is 2.07. The van der Waals surface area contributed by atoms with E-state index in [9.17, 15) is 9.59 Å². The van der Waals surface area contributed by atoms with Crippen molar-refractivity contribution in [2.75, 3.05) is 20.6 Å². The van der Waals surface area contributed by atoms with E-state index in [0.717, 1.165) is 4.47 Å². The van der Waals surface area contributed by atoms with Crippen LogP contribution in [-0.2, 0) is 4.79 Å². The summed E-state index contributed by atoms with van der Waals surface area (Å²) in [6, 6.07) is 5.29. The fourth-order valence-corrected chi connectivity index (χ4v) is 1.87. The Balaban J connectivity index is 2.70. The molecule has 6 heteroatoms. The molecule has 1 N–H and O–H groups in total. The van der Waals surface area contributed by atoms with Gasteiger partial charge in [0.15, 0.2) is 0 Å². The summed E-state index contributed by atoms with van der Waals surface area (Å²) in [4.78, 5) is 24.6. The fraction of sp³-hybridized carbons (Fsp3) is 0.273. The standard InChI is InChI=1S/C11H12Br2N2O2/c1-15(2)10(16)6-14-11(17)8-5-7(12)3-4-9(8)13/h3-5H,6H2,1-2H3,(H,14,17). The van der Waals surface area contributed by atoms with Crippen LogP contribution in [0, 0.1) is 0 Å². The lowest BCUT2D eigenvalue weighted by Crippen LogP contribution is -2.36. The zero-order valence-corrected chi connectivity index (χ0v) is 12.6. The molecule has 0 radical (unpaired) electrons. The van der Waals surface area contributed by atoms with Crippen LogP contribution in [0.3, 0.4) is 0 Å². The summed E-state index contributed by atoms with van der Waals surface area (Å²) < 4.78 is 1.50. The van der Waals surface area contributed by atoms with E-state index in [1.807, 2.05) is 6.07 Å². The van der Waals surface area contributed by atoms with Crippen molar-refractivity contribution < 1.29 is 9.59 Å². The third-order valence-corrected chi connectivity index (χ3v) is 3.26. The molecule has 0 spiro atoms. The summed E-state index contributed by atoms with van der Waals surface area (Å²) >= 11 is 6.58. The Morgan fingerprint density at radius 2 is 1.94 bits per heavy atom. The number of amides is 2. The molecule has 0 unspecified atom stereocenters. The van der Waals surface area contributed by atoms with E-state index in [1.54, 1.807) is 26.2 Å². The van der Waals surface area contributed by atoms with Gasteiger partial charge >= 0.3 is 0 Å². The molecule has 92 valence electrons. The second-order valence-corrected chi connectivity index (χ2v) is 5.37. The van der Waals surface area contributed by atoms with Crippen LogP contribution in [0.5, 0.6) is 0 Å². The molecule has 1 rings (SSSR count). The number of rotatable bonds is 3. The summed E-state index contributed by atoms with van der Waals surface area (Å²) in [5, 5.41) is 2.57. The minimum atomic E-state index is -0.284. The van der Waals surface area contributed by atoms with E-state index in [4.69, 9.17) is 0 Å². The first-order valence-corrected chi connectivity index (χ1v) is 6.44. The molecule has 0 atom stereocenters. The zero-order valence-electron chi connectivity index (χ0n) is 9.46. The van der Waals surface area contributed by atoms with E-state index in [0.29, 0.717) is 10.0 Å². The van der Waals surface area contributed by atoms with Gasteiger partial charge in [0.25, 0.3) is 5.91 Å². The zero-order chi connectivity index (χ0) is 13.0. The second kappa shape index (κ2) is 6.16. The SMILES string of the molecule is CN(C)C(=O)CNC(=O)c1cc(Br)ccc1Br. The number of nitrogens with zero attached hydrogens (tertiary/aromatic N) is 1. The molecule has 1 aromatic rings. The smallest absolute Gasteiger partial charge is 0.252 e. The molecule has 17 heavy (non-hydrogen) atoms. The van der Waals surface area contributed by atoms with Gasteiger partial charge in [-0.25, -0.2) is 0 Å². The predicted octanol–water partition coefficient (Wildman–Crippen LogP) is 2.03. The van der Waals surface area contributed by atoms with Gasteiger partial charge < -0.3 is 10.2 Å². The maximum absolute atomic E-state index is 11.8. The highest BCUT2D eigenvalue weighted by atomic mass is 79.9. The summed E-state index contributed by atoms with van der Waals surface area (Å²) in [5.41, 5.74) is 0.492. The normalized spacial score (nSPS) is 9.88. The number of nitrogens with one attached hydrogen (secondary N) is 1. The molecule has 0 heterocycles. The highest BCUT2D eigenvalue weighted by molar-refractivity contribution is 9.11. The predicted molar refractivity (Wildman–Crippen MR) is 72.9 cm³/mol. The van der Waals surface area contributed by atoms with E-state index in [1.165, 1.54) is 4.90 Å². The van der Waals surface area contributed by atoms with Gasteiger partial charge in [-0.2, -0.15) is 0 Å². The van der Waals surface area contributed by atoms with Gasteiger partial charge in [0.2, 0.25) is 5.91 Å². The maximum Gasteiger partial charge on any atom is 0.252 e. The van der Waals surface area contributed by atoms with Crippen molar-refractivity contribution in [1.29, 1.82) is 0 Å². The molecule has 0 aliphatic rings. The second-order valence-electron chi connectivity index (χ2n) is 3.60. The molecular weight excluding hydrogens is 352 g/mol. The Kier molecular flexibility index (Phi) is 5.14. The van der Waals surface area contributed by atoms with Crippen LogP contribution in [-0.4, -0.2) is 37.4 Å². The lowest BCUT2D eigenvalue weighted by Gasteiger charge is -2.11. The molecule has 0 bridgehead atoms. The van der Waals surface area contributed by atoms with Crippen molar-refractivity contribution in [3.8, 4) is 0 Å². The van der Waals surface area contributed by atoms with Crippen LogP contribution in [0.15, 0.2) is 27.1 Å². The van der Waals surface area contributed by atoms with Crippen LogP contribution >= 0.6 is 31.9 Å². The minimum Gasteiger partial charge on any atom is -0.347 e. The number of likely N-dealkylation sites (N-methyl/N-ethyl adjacent to an activating group) is 1. The summed E-state index contributed by atoms with van der Waals surface area (Å²) in [5.74, 6) is -0.433. The number of hydrogen-bond donors (Lipinski definition) is 1. The molecule has 0 fully saturated rings. The Hall–Kier alpha value is -0.880. The molecular formula is C11H12Br2N2O2.